The molecule has 3 nitrogen and oxygen atoms in total. The molecular formula is C17H25NO2S2. The molecule has 1 amide bonds. The molecule has 22 heavy (non-hydrogen) atoms. The number of hydrogen-bond donors (Lipinski definition) is 1. The second-order valence-corrected chi connectivity index (χ2v) is 8.19. The standard InChI is InChI=1S/C17H25NO2S2/c1-5-21-10-15(11-22-12(2)3)16(19)13-6-8-14(9-7-13)17(20)18-4/h6-9,12,15H,5,10-11H2,1-4H3,(H,18,20). The third-order valence-corrected chi connectivity index (χ3v) is 5.49. The molecule has 0 radical (unpaired) electrons. The molecule has 0 heterocycles. The van der Waals surface area contributed by atoms with Gasteiger partial charge >= 0.3 is 0 Å². The van der Waals surface area contributed by atoms with Crippen LogP contribution < -0.4 is 5.32 Å². The number of nitrogens with one attached hydrogen (secondary N) is 1. The van der Waals surface area contributed by atoms with Crippen molar-refractivity contribution in [1.29, 1.82) is 0 Å². The summed E-state index contributed by atoms with van der Waals surface area (Å²) in [6, 6.07) is 6.95. The Kier molecular flexibility index (Phi) is 8.64. The van der Waals surface area contributed by atoms with Gasteiger partial charge in [-0.15, -0.1) is 0 Å². The second kappa shape index (κ2) is 9.95. The van der Waals surface area contributed by atoms with Crippen molar-refractivity contribution in [1.82, 2.24) is 5.32 Å². The number of Topliss-reactive ketones (excluding diaryl/α,β-unsaturated/α-hetero) is 1. The fourth-order valence-electron chi connectivity index (χ4n) is 1.93. The van der Waals surface area contributed by atoms with E-state index in [1.807, 2.05) is 11.8 Å². The van der Waals surface area contributed by atoms with E-state index in [-0.39, 0.29) is 17.6 Å². The summed E-state index contributed by atoms with van der Waals surface area (Å²) >= 11 is 3.63. The van der Waals surface area contributed by atoms with Gasteiger partial charge in [-0.2, -0.15) is 23.5 Å². The van der Waals surface area contributed by atoms with E-state index in [1.54, 1.807) is 43.1 Å². The second-order valence-electron chi connectivity index (χ2n) is 5.26. The lowest BCUT2D eigenvalue weighted by Gasteiger charge is -2.16. The molecule has 1 rings (SSSR count). The highest BCUT2D eigenvalue weighted by Gasteiger charge is 2.20. The van der Waals surface area contributed by atoms with Crippen molar-refractivity contribution in [3.05, 3.63) is 35.4 Å². The maximum Gasteiger partial charge on any atom is 0.251 e. The van der Waals surface area contributed by atoms with Crippen LogP contribution in [0.4, 0.5) is 0 Å². The summed E-state index contributed by atoms with van der Waals surface area (Å²) in [5.41, 5.74) is 1.27. The number of hydrogen-bond acceptors (Lipinski definition) is 4. The summed E-state index contributed by atoms with van der Waals surface area (Å²) in [6.07, 6.45) is 0. The topological polar surface area (TPSA) is 46.2 Å². The number of benzene rings is 1. The van der Waals surface area contributed by atoms with E-state index in [0.29, 0.717) is 16.4 Å². The van der Waals surface area contributed by atoms with Crippen LogP contribution in [0, 0.1) is 5.92 Å². The molecule has 0 aliphatic rings. The van der Waals surface area contributed by atoms with Gasteiger partial charge in [0.2, 0.25) is 0 Å². The van der Waals surface area contributed by atoms with Crippen molar-refractivity contribution < 1.29 is 9.59 Å². The van der Waals surface area contributed by atoms with E-state index in [1.165, 1.54) is 0 Å². The molecule has 1 aromatic rings. The fourth-order valence-corrected chi connectivity index (χ4v) is 3.76. The zero-order chi connectivity index (χ0) is 16.5. The van der Waals surface area contributed by atoms with Gasteiger partial charge in [0.1, 0.15) is 0 Å². The number of thioether (sulfide) groups is 2. The molecule has 0 aliphatic carbocycles. The van der Waals surface area contributed by atoms with Crippen molar-refractivity contribution in [2.24, 2.45) is 5.92 Å². The maximum atomic E-state index is 12.7. The molecular weight excluding hydrogens is 314 g/mol. The van der Waals surface area contributed by atoms with Crippen LogP contribution in [0.3, 0.4) is 0 Å². The van der Waals surface area contributed by atoms with Crippen LogP contribution in [0.1, 0.15) is 41.5 Å². The monoisotopic (exact) mass is 339 g/mol. The van der Waals surface area contributed by atoms with E-state index in [2.05, 4.69) is 26.1 Å². The normalized spacial score (nSPS) is 12.2. The Morgan fingerprint density at radius 2 is 1.68 bits per heavy atom. The molecule has 5 heteroatoms. The van der Waals surface area contributed by atoms with Crippen molar-refractivity contribution in [2.75, 3.05) is 24.3 Å². The van der Waals surface area contributed by atoms with Gasteiger partial charge in [0, 0.05) is 35.6 Å². The zero-order valence-corrected chi connectivity index (χ0v) is 15.4. The molecule has 0 aromatic heterocycles. The molecule has 1 atom stereocenters. The minimum absolute atomic E-state index is 0.0307. The molecule has 1 aromatic carbocycles. The fraction of sp³-hybridized carbons (Fsp3) is 0.529. The molecule has 0 bridgehead atoms. The summed E-state index contributed by atoms with van der Waals surface area (Å²) in [5.74, 6) is 2.80. The van der Waals surface area contributed by atoms with Gasteiger partial charge in [-0.1, -0.05) is 32.9 Å². The highest BCUT2D eigenvalue weighted by atomic mass is 32.2. The number of rotatable bonds is 9. The SMILES string of the molecule is CCSCC(CSC(C)C)C(=O)c1ccc(C(=O)NC)cc1. The molecule has 122 valence electrons. The van der Waals surface area contributed by atoms with Gasteiger partial charge in [-0.25, -0.2) is 0 Å². The highest BCUT2D eigenvalue weighted by molar-refractivity contribution is 8.00. The number of amides is 1. The predicted molar refractivity (Wildman–Crippen MR) is 98.2 cm³/mol. The van der Waals surface area contributed by atoms with Crippen LogP contribution in [0.25, 0.3) is 0 Å². The highest BCUT2D eigenvalue weighted by Crippen LogP contribution is 2.22. The Balaban J connectivity index is 2.80. The first-order valence-electron chi connectivity index (χ1n) is 7.55. The van der Waals surface area contributed by atoms with Crippen LogP contribution in [0.2, 0.25) is 0 Å². The maximum absolute atomic E-state index is 12.7. The largest absolute Gasteiger partial charge is 0.355 e. The van der Waals surface area contributed by atoms with E-state index in [0.717, 1.165) is 17.3 Å². The van der Waals surface area contributed by atoms with E-state index >= 15 is 0 Å². The van der Waals surface area contributed by atoms with Crippen molar-refractivity contribution >= 4 is 35.2 Å². The Hall–Kier alpha value is -0.940. The van der Waals surface area contributed by atoms with Gasteiger partial charge in [-0.3, -0.25) is 9.59 Å². The molecule has 1 N–H and O–H groups in total. The molecule has 0 spiro atoms. The first kappa shape index (κ1) is 19.1. The third-order valence-electron chi connectivity index (χ3n) is 3.18. The Labute approximate surface area is 142 Å². The Morgan fingerprint density at radius 1 is 1.09 bits per heavy atom. The van der Waals surface area contributed by atoms with Crippen molar-refractivity contribution in [3.8, 4) is 0 Å². The predicted octanol–water partition coefficient (Wildman–Crippen LogP) is 3.74. The average molecular weight is 340 g/mol. The van der Waals surface area contributed by atoms with Crippen LogP contribution in [0.15, 0.2) is 24.3 Å². The first-order valence-corrected chi connectivity index (χ1v) is 9.75. The third kappa shape index (κ3) is 6.05. The first-order chi connectivity index (χ1) is 10.5. The molecule has 0 aliphatic heterocycles. The summed E-state index contributed by atoms with van der Waals surface area (Å²) in [5, 5.41) is 3.11. The van der Waals surface area contributed by atoms with Gasteiger partial charge in [0.15, 0.2) is 5.78 Å². The Bertz CT molecular complexity index is 486. The van der Waals surface area contributed by atoms with Crippen LogP contribution >= 0.6 is 23.5 Å². The number of carbonyl (C=O) groups excluding carboxylic acids is 2. The summed E-state index contributed by atoms with van der Waals surface area (Å²) in [4.78, 5) is 24.2. The van der Waals surface area contributed by atoms with E-state index in [4.69, 9.17) is 0 Å². The van der Waals surface area contributed by atoms with Gasteiger partial charge < -0.3 is 5.32 Å². The zero-order valence-electron chi connectivity index (χ0n) is 13.7. The lowest BCUT2D eigenvalue weighted by molar-refractivity contribution is 0.0939. The number of carbonyl (C=O) groups is 2. The van der Waals surface area contributed by atoms with Crippen LogP contribution in [0.5, 0.6) is 0 Å². The van der Waals surface area contributed by atoms with E-state index < -0.39 is 0 Å². The van der Waals surface area contributed by atoms with Gasteiger partial charge in [0.05, 0.1) is 0 Å². The molecule has 1 unspecified atom stereocenters. The minimum atomic E-state index is -0.132. The van der Waals surface area contributed by atoms with Crippen molar-refractivity contribution in [2.45, 2.75) is 26.0 Å². The quantitative estimate of drug-likeness (QED) is 0.696. The Morgan fingerprint density at radius 3 is 2.18 bits per heavy atom. The smallest absolute Gasteiger partial charge is 0.251 e. The lowest BCUT2D eigenvalue weighted by atomic mass is 9.99. The summed E-state index contributed by atoms with van der Waals surface area (Å²) in [7, 11) is 1.60. The minimum Gasteiger partial charge on any atom is -0.355 e. The number of ketones is 1. The average Bonchev–Trinajstić information content (AvgIpc) is 2.53. The van der Waals surface area contributed by atoms with Gasteiger partial charge in [-0.05, 0) is 23.1 Å². The molecule has 0 fully saturated rings. The van der Waals surface area contributed by atoms with Crippen LogP contribution in [-0.4, -0.2) is 41.2 Å². The molecule has 0 saturated heterocycles. The molecule has 0 saturated carbocycles. The van der Waals surface area contributed by atoms with E-state index in [9.17, 15) is 9.59 Å². The summed E-state index contributed by atoms with van der Waals surface area (Å²) < 4.78 is 0. The van der Waals surface area contributed by atoms with Crippen molar-refractivity contribution in [3.63, 3.8) is 0 Å². The van der Waals surface area contributed by atoms with Crippen LogP contribution in [-0.2, 0) is 0 Å². The lowest BCUT2D eigenvalue weighted by Crippen LogP contribution is -2.22. The van der Waals surface area contributed by atoms with Gasteiger partial charge in [0.25, 0.3) is 5.91 Å². The summed E-state index contributed by atoms with van der Waals surface area (Å²) in [6.45, 7) is 6.41.